The Morgan fingerprint density at radius 1 is 1.48 bits per heavy atom. The second-order valence-electron chi connectivity index (χ2n) is 5.43. The van der Waals surface area contributed by atoms with Crippen molar-refractivity contribution in [3.05, 3.63) is 39.1 Å². The Morgan fingerprint density at radius 3 is 3.00 bits per heavy atom. The number of hydrogen-bond donors (Lipinski definition) is 2. The summed E-state index contributed by atoms with van der Waals surface area (Å²) in [6.07, 6.45) is 2.83. The number of nitrogens with zero attached hydrogens (tertiary/aromatic N) is 4. The topological polar surface area (TPSA) is 92.8 Å². The molecule has 3 rings (SSSR count). The summed E-state index contributed by atoms with van der Waals surface area (Å²) in [5.74, 6) is 0.201. The first-order chi connectivity index (χ1) is 10.1. The van der Waals surface area contributed by atoms with Crippen molar-refractivity contribution in [1.82, 2.24) is 24.6 Å². The molecule has 0 bridgehead atoms. The molecule has 0 saturated carbocycles. The van der Waals surface area contributed by atoms with Crippen LogP contribution in [0, 0.1) is 6.92 Å². The summed E-state index contributed by atoms with van der Waals surface area (Å²) >= 11 is 0. The number of aromatic nitrogens is 4. The van der Waals surface area contributed by atoms with Gasteiger partial charge < -0.3 is 5.73 Å². The Morgan fingerprint density at radius 2 is 2.29 bits per heavy atom. The molecular weight excluding hydrogens is 268 g/mol. The Balaban J connectivity index is 1.80. The van der Waals surface area contributed by atoms with Gasteiger partial charge in [-0.2, -0.15) is 5.10 Å². The summed E-state index contributed by atoms with van der Waals surface area (Å²) in [6.45, 7) is 7.24. The van der Waals surface area contributed by atoms with Gasteiger partial charge in [-0.3, -0.25) is 19.4 Å². The molecule has 0 aromatic carbocycles. The third kappa shape index (κ3) is 2.69. The van der Waals surface area contributed by atoms with E-state index >= 15 is 0 Å². The van der Waals surface area contributed by atoms with E-state index in [0.29, 0.717) is 6.54 Å². The quantitative estimate of drug-likeness (QED) is 0.854. The Hall–Kier alpha value is -2.15. The molecule has 3 N–H and O–H groups in total. The first kappa shape index (κ1) is 13.8. The van der Waals surface area contributed by atoms with E-state index in [1.807, 2.05) is 11.6 Å². The first-order valence-electron chi connectivity index (χ1n) is 7.19. The maximum atomic E-state index is 12.0. The Kier molecular flexibility index (Phi) is 3.50. The Bertz CT molecular complexity index is 717. The third-order valence-corrected chi connectivity index (χ3v) is 3.93. The van der Waals surface area contributed by atoms with Crippen LogP contribution in [0.4, 0.5) is 5.95 Å². The zero-order valence-electron chi connectivity index (χ0n) is 12.4. The third-order valence-electron chi connectivity index (χ3n) is 3.93. The van der Waals surface area contributed by atoms with E-state index in [9.17, 15) is 4.79 Å². The highest BCUT2D eigenvalue weighted by Crippen LogP contribution is 2.18. The number of aryl methyl sites for hydroxylation is 2. The molecule has 0 fully saturated rings. The molecule has 1 aliphatic heterocycles. The predicted octanol–water partition coefficient (Wildman–Crippen LogP) is 0.435. The minimum Gasteiger partial charge on any atom is -0.369 e. The lowest BCUT2D eigenvalue weighted by molar-refractivity contribution is 0.241. The van der Waals surface area contributed by atoms with Crippen LogP contribution in [0.2, 0.25) is 0 Å². The maximum Gasteiger partial charge on any atom is 0.257 e. The summed E-state index contributed by atoms with van der Waals surface area (Å²) < 4.78 is 1.94. The van der Waals surface area contributed by atoms with Crippen LogP contribution in [0.15, 0.2) is 11.0 Å². The molecule has 0 amide bonds. The average molecular weight is 288 g/mol. The molecular formula is C14H20N6O. The molecule has 112 valence electrons. The monoisotopic (exact) mass is 288 g/mol. The number of H-pyrrole nitrogens is 1. The lowest BCUT2D eigenvalue weighted by Crippen LogP contribution is -2.35. The summed E-state index contributed by atoms with van der Waals surface area (Å²) in [7, 11) is 0. The number of anilines is 1. The van der Waals surface area contributed by atoms with Gasteiger partial charge in [0, 0.05) is 44.4 Å². The normalized spacial score (nSPS) is 15.1. The minimum absolute atomic E-state index is 0.122. The van der Waals surface area contributed by atoms with E-state index in [0.717, 1.165) is 43.0 Å². The number of rotatable bonds is 3. The molecule has 0 spiro atoms. The SMILES string of the molecule is CCn1cc(CN2CCc3nc(N)[nH]c(=O)c3C2)c(C)n1. The van der Waals surface area contributed by atoms with Gasteiger partial charge in [-0.15, -0.1) is 0 Å². The minimum atomic E-state index is -0.122. The van der Waals surface area contributed by atoms with Gasteiger partial charge in [0.25, 0.3) is 5.56 Å². The number of fused-ring (bicyclic) bond motifs is 1. The largest absolute Gasteiger partial charge is 0.369 e. The first-order valence-corrected chi connectivity index (χ1v) is 7.19. The summed E-state index contributed by atoms with van der Waals surface area (Å²) in [5.41, 5.74) is 9.28. The highest BCUT2D eigenvalue weighted by molar-refractivity contribution is 5.27. The van der Waals surface area contributed by atoms with Crippen LogP contribution in [0.5, 0.6) is 0 Å². The molecule has 0 radical (unpaired) electrons. The van der Waals surface area contributed by atoms with Gasteiger partial charge in [0.05, 0.1) is 17.0 Å². The molecule has 0 atom stereocenters. The standard InChI is InChI=1S/C14H20N6O/c1-3-20-7-10(9(2)18-20)6-19-5-4-12-11(8-19)13(21)17-14(15)16-12/h7H,3-6,8H2,1-2H3,(H3,15,16,17,21). The lowest BCUT2D eigenvalue weighted by Gasteiger charge is -2.27. The van der Waals surface area contributed by atoms with Gasteiger partial charge in [0.15, 0.2) is 0 Å². The van der Waals surface area contributed by atoms with Crippen LogP contribution < -0.4 is 11.3 Å². The van der Waals surface area contributed by atoms with Crippen molar-refractivity contribution in [2.45, 2.75) is 39.9 Å². The molecule has 2 aromatic heterocycles. The Labute approximate surface area is 122 Å². The maximum absolute atomic E-state index is 12.0. The molecule has 7 nitrogen and oxygen atoms in total. The number of hydrogen-bond acceptors (Lipinski definition) is 5. The highest BCUT2D eigenvalue weighted by Gasteiger charge is 2.21. The van der Waals surface area contributed by atoms with E-state index in [1.54, 1.807) is 0 Å². The van der Waals surface area contributed by atoms with Crippen molar-refractivity contribution in [3.63, 3.8) is 0 Å². The van der Waals surface area contributed by atoms with Crippen molar-refractivity contribution in [1.29, 1.82) is 0 Å². The molecule has 21 heavy (non-hydrogen) atoms. The van der Waals surface area contributed by atoms with Gasteiger partial charge in [0.1, 0.15) is 0 Å². The van der Waals surface area contributed by atoms with Gasteiger partial charge in [-0.1, -0.05) is 0 Å². The molecule has 0 aliphatic carbocycles. The van der Waals surface area contributed by atoms with Crippen molar-refractivity contribution >= 4 is 5.95 Å². The number of nitrogens with one attached hydrogen (secondary N) is 1. The van der Waals surface area contributed by atoms with E-state index in [1.165, 1.54) is 5.56 Å². The highest BCUT2D eigenvalue weighted by atomic mass is 16.1. The van der Waals surface area contributed by atoms with E-state index in [4.69, 9.17) is 5.73 Å². The van der Waals surface area contributed by atoms with Gasteiger partial charge in [-0.25, -0.2) is 4.98 Å². The van der Waals surface area contributed by atoms with Gasteiger partial charge in [-0.05, 0) is 13.8 Å². The van der Waals surface area contributed by atoms with E-state index in [-0.39, 0.29) is 11.5 Å². The van der Waals surface area contributed by atoms with Crippen LogP contribution in [0.1, 0.15) is 29.4 Å². The van der Waals surface area contributed by atoms with Crippen molar-refractivity contribution in [2.75, 3.05) is 12.3 Å². The molecule has 1 aliphatic rings. The molecule has 3 heterocycles. The fraction of sp³-hybridized carbons (Fsp3) is 0.500. The number of nitrogens with two attached hydrogens (primary N) is 1. The molecule has 0 saturated heterocycles. The summed E-state index contributed by atoms with van der Waals surface area (Å²) in [5, 5.41) is 4.46. The van der Waals surface area contributed by atoms with Crippen molar-refractivity contribution in [2.24, 2.45) is 0 Å². The van der Waals surface area contributed by atoms with Crippen LogP contribution >= 0.6 is 0 Å². The second kappa shape index (κ2) is 5.33. The zero-order valence-corrected chi connectivity index (χ0v) is 12.4. The van der Waals surface area contributed by atoms with E-state index in [2.05, 4.69) is 33.1 Å². The summed E-state index contributed by atoms with van der Waals surface area (Å²) in [6, 6.07) is 0. The average Bonchev–Trinajstić information content (AvgIpc) is 2.80. The predicted molar refractivity (Wildman–Crippen MR) is 79.7 cm³/mol. The van der Waals surface area contributed by atoms with Crippen LogP contribution in [-0.4, -0.2) is 31.2 Å². The molecule has 0 unspecified atom stereocenters. The van der Waals surface area contributed by atoms with Crippen molar-refractivity contribution < 1.29 is 0 Å². The van der Waals surface area contributed by atoms with E-state index < -0.39 is 0 Å². The number of nitrogen functional groups attached to an aromatic ring is 1. The van der Waals surface area contributed by atoms with Gasteiger partial charge >= 0.3 is 0 Å². The molecule has 7 heteroatoms. The number of aromatic amines is 1. The fourth-order valence-electron chi connectivity index (χ4n) is 2.75. The smallest absolute Gasteiger partial charge is 0.257 e. The zero-order chi connectivity index (χ0) is 15.0. The van der Waals surface area contributed by atoms with Crippen molar-refractivity contribution in [3.8, 4) is 0 Å². The molecule has 2 aromatic rings. The summed E-state index contributed by atoms with van der Waals surface area (Å²) in [4.78, 5) is 21.0. The van der Waals surface area contributed by atoms with Crippen LogP contribution in [0.3, 0.4) is 0 Å². The van der Waals surface area contributed by atoms with Gasteiger partial charge in [0.2, 0.25) is 5.95 Å². The lowest BCUT2D eigenvalue weighted by atomic mass is 10.1. The fourth-order valence-corrected chi connectivity index (χ4v) is 2.75. The van der Waals surface area contributed by atoms with Crippen LogP contribution in [0.25, 0.3) is 0 Å². The van der Waals surface area contributed by atoms with Crippen LogP contribution in [-0.2, 0) is 26.1 Å². The second-order valence-corrected chi connectivity index (χ2v) is 5.43.